The van der Waals surface area contributed by atoms with Gasteiger partial charge in [-0.05, 0) is 36.1 Å². The summed E-state index contributed by atoms with van der Waals surface area (Å²) < 4.78 is 0.871. The highest BCUT2D eigenvalue weighted by Crippen LogP contribution is 2.32. The molecule has 0 saturated heterocycles. The van der Waals surface area contributed by atoms with Gasteiger partial charge in [0.25, 0.3) is 5.91 Å². The molecular weight excluding hydrogens is 380 g/mol. The molecule has 0 saturated carbocycles. The molecule has 0 aliphatic rings. The number of aromatic nitrogens is 2. The predicted octanol–water partition coefficient (Wildman–Crippen LogP) is 4.06. The van der Waals surface area contributed by atoms with E-state index in [2.05, 4.69) is 48.2 Å². The second-order valence-corrected chi connectivity index (χ2v) is 9.58. The molecule has 2 heterocycles. The van der Waals surface area contributed by atoms with Crippen molar-refractivity contribution in [2.75, 3.05) is 11.1 Å². The number of thioether (sulfide) groups is 1. The summed E-state index contributed by atoms with van der Waals surface area (Å²) in [6.45, 7) is 8.32. The monoisotopic (exact) mass is 402 g/mol. The number of nitrogens with one attached hydrogen (secondary N) is 2. The van der Waals surface area contributed by atoms with Crippen LogP contribution in [0.15, 0.2) is 28.5 Å². The van der Waals surface area contributed by atoms with Crippen molar-refractivity contribution in [3.05, 3.63) is 41.2 Å². The van der Waals surface area contributed by atoms with E-state index in [9.17, 15) is 9.59 Å². The first kappa shape index (κ1) is 19.4. The molecule has 142 valence electrons. The minimum Gasteiger partial charge on any atom is -0.369 e. The Morgan fingerprint density at radius 3 is 2.70 bits per heavy atom. The SMILES string of the molecule is Cc1nc(NC(=O)c2cc3cc(C(C)(C)C)ccc3[nH]2)sc1SCC(N)=O. The van der Waals surface area contributed by atoms with E-state index in [0.29, 0.717) is 10.8 Å². The lowest BCUT2D eigenvalue weighted by atomic mass is 9.86. The largest absolute Gasteiger partial charge is 0.369 e. The second kappa shape index (κ2) is 7.36. The highest BCUT2D eigenvalue weighted by molar-refractivity contribution is 8.01. The number of nitrogens with zero attached hydrogens (tertiary/aromatic N) is 1. The topological polar surface area (TPSA) is 101 Å². The second-order valence-electron chi connectivity index (χ2n) is 7.34. The van der Waals surface area contributed by atoms with Crippen molar-refractivity contribution < 1.29 is 9.59 Å². The van der Waals surface area contributed by atoms with Crippen LogP contribution in [0.25, 0.3) is 10.9 Å². The van der Waals surface area contributed by atoms with Crippen LogP contribution in [0.1, 0.15) is 42.5 Å². The van der Waals surface area contributed by atoms with E-state index < -0.39 is 0 Å². The fourth-order valence-electron chi connectivity index (χ4n) is 2.59. The van der Waals surface area contributed by atoms with Crippen LogP contribution in [0.3, 0.4) is 0 Å². The number of fused-ring (bicyclic) bond motifs is 1. The number of carbonyl (C=O) groups excluding carboxylic acids is 2. The lowest BCUT2D eigenvalue weighted by molar-refractivity contribution is -0.115. The van der Waals surface area contributed by atoms with Crippen molar-refractivity contribution in [3.63, 3.8) is 0 Å². The maximum atomic E-state index is 12.6. The standard InChI is InChI=1S/C19H22N4O2S2/c1-10-17(26-9-15(20)24)27-18(21-10)23-16(25)14-8-11-7-12(19(2,3)4)5-6-13(11)22-14/h5-8,22H,9H2,1-4H3,(H2,20,24)(H,21,23,25). The summed E-state index contributed by atoms with van der Waals surface area (Å²) in [6.07, 6.45) is 0. The molecule has 27 heavy (non-hydrogen) atoms. The summed E-state index contributed by atoms with van der Waals surface area (Å²) in [6, 6.07) is 8.03. The molecule has 4 N–H and O–H groups in total. The Labute approximate surface area is 165 Å². The zero-order chi connectivity index (χ0) is 19.8. The number of amides is 2. The minimum atomic E-state index is -0.383. The number of H-pyrrole nitrogens is 1. The Hall–Kier alpha value is -2.32. The molecule has 0 unspecified atom stereocenters. The van der Waals surface area contributed by atoms with Gasteiger partial charge in [0.15, 0.2) is 5.13 Å². The quantitative estimate of drug-likeness (QED) is 0.560. The van der Waals surface area contributed by atoms with Gasteiger partial charge >= 0.3 is 0 Å². The Bertz CT molecular complexity index is 1010. The molecule has 0 fully saturated rings. The number of carbonyl (C=O) groups is 2. The van der Waals surface area contributed by atoms with Crippen molar-refractivity contribution in [3.8, 4) is 0 Å². The van der Waals surface area contributed by atoms with E-state index in [0.717, 1.165) is 20.8 Å². The van der Waals surface area contributed by atoms with Crippen molar-refractivity contribution in [1.82, 2.24) is 9.97 Å². The number of aryl methyl sites for hydroxylation is 1. The summed E-state index contributed by atoms with van der Waals surface area (Å²) >= 11 is 2.66. The maximum Gasteiger partial charge on any atom is 0.273 e. The van der Waals surface area contributed by atoms with Crippen LogP contribution in [-0.4, -0.2) is 27.5 Å². The Kier molecular flexibility index (Phi) is 5.30. The molecule has 0 radical (unpaired) electrons. The van der Waals surface area contributed by atoms with Gasteiger partial charge in [-0.15, -0.1) is 11.8 Å². The third-order valence-corrected chi connectivity index (χ3v) is 6.51. The van der Waals surface area contributed by atoms with Gasteiger partial charge in [-0.2, -0.15) is 0 Å². The number of benzene rings is 1. The Morgan fingerprint density at radius 1 is 1.30 bits per heavy atom. The van der Waals surface area contributed by atoms with E-state index in [4.69, 9.17) is 5.73 Å². The molecular formula is C19H22N4O2S2. The summed E-state index contributed by atoms with van der Waals surface area (Å²) in [5.74, 6) is -0.441. The van der Waals surface area contributed by atoms with Crippen LogP contribution in [0.2, 0.25) is 0 Å². The van der Waals surface area contributed by atoms with Crippen LogP contribution in [0, 0.1) is 6.92 Å². The number of aromatic amines is 1. The van der Waals surface area contributed by atoms with Crippen LogP contribution in [-0.2, 0) is 10.2 Å². The van der Waals surface area contributed by atoms with Gasteiger partial charge in [-0.3, -0.25) is 14.9 Å². The number of hydrogen-bond acceptors (Lipinski definition) is 5. The Balaban J connectivity index is 1.78. The summed E-state index contributed by atoms with van der Waals surface area (Å²) in [5, 5.41) is 4.32. The number of anilines is 1. The predicted molar refractivity (Wildman–Crippen MR) is 112 cm³/mol. The van der Waals surface area contributed by atoms with E-state index in [1.807, 2.05) is 19.1 Å². The van der Waals surface area contributed by atoms with E-state index in [-0.39, 0.29) is 23.0 Å². The maximum absolute atomic E-state index is 12.6. The number of primary amides is 1. The van der Waals surface area contributed by atoms with Gasteiger partial charge in [0, 0.05) is 10.9 Å². The number of nitrogens with two attached hydrogens (primary N) is 1. The van der Waals surface area contributed by atoms with E-state index >= 15 is 0 Å². The van der Waals surface area contributed by atoms with Crippen LogP contribution >= 0.6 is 23.1 Å². The summed E-state index contributed by atoms with van der Waals surface area (Å²) in [7, 11) is 0. The molecule has 8 heteroatoms. The van der Waals surface area contributed by atoms with Crippen LogP contribution in [0.4, 0.5) is 5.13 Å². The van der Waals surface area contributed by atoms with Gasteiger partial charge < -0.3 is 10.7 Å². The molecule has 6 nitrogen and oxygen atoms in total. The zero-order valence-electron chi connectivity index (χ0n) is 15.7. The first-order valence-corrected chi connectivity index (χ1v) is 10.3. The molecule has 0 bridgehead atoms. The van der Waals surface area contributed by atoms with Gasteiger partial charge in [0.05, 0.1) is 15.7 Å². The van der Waals surface area contributed by atoms with Crippen molar-refractivity contribution in [2.45, 2.75) is 37.3 Å². The molecule has 0 aliphatic carbocycles. The lowest BCUT2D eigenvalue weighted by Crippen LogP contribution is -2.12. The van der Waals surface area contributed by atoms with Crippen molar-refractivity contribution in [1.29, 1.82) is 0 Å². The summed E-state index contributed by atoms with van der Waals surface area (Å²) in [4.78, 5) is 31.0. The lowest BCUT2D eigenvalue weighted by Gasteiger charge is -2.18. The fraction of sp³-hybridized carbons (Fsp3) is 0.316. The van der Waals surface area contributed by atoms with Gasteiger partial charge in [-0.25, -0.2) is 4.98 Å². The third-order valence-electron chi connectivity index (χ3n) is 4.05. The Morgan fingerprint density at radius 2 is 2.04 bits per heavy atom. The molecule has 0 aliphatic heterocycles. The van der Waals surface area contributed by atoms with Crippen LogP contribution < -0.4 is 11.1 Å². The highest BCUT2D eigenvalue weighted by Gasteiger charge is 2.17. The average molecular weight is 403 g/mol. The van der Waals surface area contributed by atoms with E-state index in [1.54, 1.807) is 0 Å². The smallest absolute Gasteiger partial charge is 0.273 e. The van der Waals surface area contributed by atoms with Crippen molar-refractivity contribution in [2.24, 2.45) is 5.73 Å². The van der Waals surface area contributed by atoms with Gasteiger partial charge in [0.2, 0.25) is 5.91 Å². The third kappa shape index (κ3) is 4.51. The zero-order valence-corrected chi connectivity index (χ0v) is 17.3. The highest BCUT2D eigenvalue weighted by atomic mass is 32.2. The number of rotatable bonds is 5. The first-order valence-electron chi connectivity index (χ1n) is 8.46. The summed E-state index contributed by atoms with van der Waals surface area (Å²) in [5.41, 5.74) is 8.61. The molecule has 3 rings (SSSR count). The average Bonchev–Trinajstić information content (AvgIpc) is 3.14. The molecule has 2 aromatic heterocycles. The van der Waals surface area contributed by atoms with Gasteiger partial charge in [-0.1, -0.05) is 38.2 Å². The minimum absolute atomic E-state index is 0.0469. The number of hydrogen-bond donors (Lipinski definition) is 3. The van der Waals surface area contributed by atoms with Crippen LogP contribution in [0.5, 0.6) is 0 Å². The molecule has 3 aromatic rings. The van der Waals surface area contributed by atoms with Gasteiger partial charge in [0.1, 0.15) is 5.69 Å². The molecule has 0 atom stereocenters. The number of thiazole rings is 1. The van der Waals surface area contributed by atoms with Crippen molar-refractivity contribution >= 4 is 50.9 Å². The molecule has 0 spiro atoms. The first-order chi connectivity index (χ1) is 12.6. The normalized spacial score (nSPS) is 11.7. The molecule has 2 amide bonds. The molecule has 1 aromatic carbocycles. The van der Waals surface area contributed by atoms with E-state index in [1.165, 1.54) is 28.7 Å². The fourth-order valence-corrected chi connectivity index (χ4v) is 4.46.